The van der Waals surface area contributed by atoms with Crippen LogP contribution < -0.4 is 9.47 Å². The molecule has 23 heavy (non-hydrogen) atoms. The summed E-state index contributed by atoms with van der Waals surface area (Å²) in [6.45, 7) is 4.10. The molecule has 3 aromatic rings. The highest BCUT2D eigenvalue weighted by Gasteiger charge is 2.11. The molecular weight excluding hydrogens is 294 g/mol. The van der Waals surface area contributed by atoms with Crippen molar-refractivity contribution in [3.63, 3.8) is 0 Å². The smallest absolute Gasteiger partial charge is 0.161 e. The minimum atomic E-state index is 0.585. The monoisotopic (exact) mass is 313 g/mol. The second kappa shape index (κ2) is 6.95. The van der Waals surface area contributed by atoms with Crippen LogP contribution in [-0.2, 0) is 13.1 Å². The van der Waals surface area contributed by atoms with Crippen LogP contribution in [0.1, 0.15) is 6.92 Å². The number of aromatic nitrogens is 5. The highest BCUT2D eigenvalue weighted by Crippen LogP contribution is 2.32. The number of rotatable bonds is 7. The first kappa shape index (κ1) is 15.1. The minimum Gasteiger partial charge on any atom is -0.493 e. The fourth-order valence-electron chi connectivity index (χ4n) is 2.39. The molecule has 0 radical (unpaired) electrons. The molecule has 7 heteroatoms. The van der Waals surface area contributed by atoms with Crippen LogP contribution in [0.2, 0.25) is 0 Å². The quantitative estimate of drug-likeness (QED) is 0.669. The fraction of sp³-hybridized carbons (Fsp3) is 0.312. The third kappa shape index (κ3) is 3.33. The average molecular weight is 313 g/mol. The molecule has 0 aliphatic heterocycles. The van der Waals surface area contributed by atoms with E-state index < -0.39 is 0 Å². The number of hydrogen-bond acceptors (Lipinski definition) is 5. The van der Waals surface area contributed by atoms with Crippen LogP contribution in [0.4, 0.5) is 0 Å². The first-order chi connectivity index (χ1) is 11.3. The van der Waals surface area contributed by atoms with Gasteiger partial charge in [-0.25, -0.2) is 4.98 Å². The van der Waals surface area contributed by atoms with Crippen molar-refractivity contribution in [3.8, 4) is 22.9 Å². The van der Waals surface area contributed by atoms with Gasteiger partial charge in [-0.2, -0.15) is 0 Å². The van der Waals surface area contributed by atoms with Crippen molar-refractivity contribution in [3.05, 3.63) is 43.2 Å². The Morgan fingerprint density at radius 2 is 1.91 bits per heavy atom. The molecule has 7 nitrogen and oxygen atoms in total. The first-order valence-electron chi connectivity index (χ1n) is 7.46. The van der Waals surface area contributed by atoms with Crippen LogP contribution in [0.25, 0.3) is 11.4 Å². The van der Waals surface area contributed by atoms with Gasteiger partial charge in [-0.3, -0.25) is 0 Å². The number of aryl methyl sites for hydroxylation is 2. The van der Waals surface area contributed by atoms with E-state index in [9.17, 15) is 0 Å². The van der Waals surface area contributed by atoms with Gasteiger partial charge in [-0.05, 0) is 25.1 Å². The second-order valence-corrected chi connectivity index (χ2v) is 4.94. The van der Waals surface area contributed by atoms with Crippen molar-refractivity contribution < 1.29 is 9.47 Å². The van der Waals surface area contributed by atoms with Crippen LogP contribution in [0, 0.1) is 0 Å². The summed E-state index contributed by atoms with van der Waals surface area (Å²) in [5.41, 5.74) is 0.989. The van der Waals surface area contributed by atoms with Crippen molar-refractivity contribution >= 4 is 0 Å². The van der Waals surface area contributed by atoms with E-state index in [0.717, 1.165) is 36.0 Å². The van der Waals surface area contributed by atoms with E-state index in [1.54, 1.807) is 26.0 Å². The zero-order valence-electron chi connectivity index (χ0n) is 13.2. The lowest BCUT2D eigenvalue weighted by Crippen LogP contribution is -2.07. The molecule has 0 N–H and O–H groups in total. The Morgan fingerprint density at radius 3 is 2.65 bits per heavy atom. The highest BCUT2D eigenvalue weighted by atomic mass is 16.5. The number of ether oxygens (including phenoxy) is 2. The van der Waals surface area contributed by atoms with Gasteiger partial charge in [-0.15, -0.1) is 10.2 Å². The maximum Gasteiger partial charge on any atom is 0.161 e. The summed E-state index contributed by atoms with van der Waals surface area (Å²) in [7, 11) is 1.64. The molecule has 0 fully saturated rings. The Hall–Kier alpha value is -2.83. The topological polar surface area (TPSA) is 67.0 Å². The Bertz CT molecular complexity index is 752. The van der Waals surface area contributed by atoms with Gasteiger partial charge in [0.15, 0.2) is 11.5 Å². The number of hydrogen-bond donors (Lipinski definition) is 0. The van der Waals surface area contributed by atoms with Crippen LogP contribution in [0.15, 0.2) is 43.2 Å². The Balaban J connectivity index is 1.84. The maximum absolute atomic E-state index is 5.64. The summed E-state index contributed by atoms with van der Waals surface area (Å²) in [6.07, 6.45) is 7.17. The lowest BCUT2D eigenvalue weighted by Gasteiger charge is -2.12. The van der Waals surface area contributed by atoms with Crippen LogP contribution in [-0.4, -0.2) is 38.0 Å². The molecule has 1 aromatic carbocycles. The van der Waals surface area contributed by atoms with E-state index in [4.69, 9.17) is 9.47 Å². The predicted molar refractivity (Wildman–Crippen MR) is 85.4 cm³/mol. The molecule has 120 valence electrons. The van der Waals surface area contributed by atoms with E-state index in [1.807, 2.05) is 35.9 Å². The first-order valence-corrected chi connectivity index (χ1v) is 7.46. The SMILES string of the molecule is CCOc1cc(-c2nccn2CCn2cnnc2)ccc1OC. The summed E-state index contributed by atoms with van der Waals surface area (Å²) in [5.74, 6) is 2.33. The summed E-state index contributed by atoms with van der Waals surface area (Å²) in [6, 6.07) is 5.85. The molecule has 2 heterocycles. The molecule has 0 aliphatic carbocycles. The van der Waals surface area contributed by atoms with E-state index in [0.29, 0.717) is 6.61 Å². The van der Waals surface area contributed by atoms with Gasteiger partial charge in [-0.1, -0.05) is 0 Å². The molecule has 0 saturated carbocycles. The molecule has 0 amide bonds. The Morgan fingerprint density at radius 1 is 1.09 bits per heavy atom. The fourth-order valence-corrected chi connectivity index (χ4v) is 2.39. The summed E-state index contributed by atoms with van der Waals surface area (Å²) in [4.78, 5) is 4.47. The highest BCUT2D eigenvalue weighted by molar-refractivity contribution is 5.61. The van der Waals surface area contributed by atoms with Crippen molar-refractivity contribution in [2.75, 3.05) is 13.7 Å². The number of nitrogens with zero attached hydrogens (tertiary/aromatic N) is 5. The largest absolute Gasteiger partial charge is 0.493 e. The standard InChI is InChI=1S/C16H19N5O2/c1-3-23-15-10-13(4-5-14(15)22-2)16-17-6-7-21(16)9-8-20-11-18-19-12-20/h4-7,10-12H,3,8-9H2,1-2H3. The lowest BCUT2D eigenvalue weighted by atomic mass is 10.2. The van der Waals surface area contributed by atoms with E-state index in [-0.39, 0.29) is 0 Å². The van der Waals surface area contributed by atoms with Gasteiger partial charge in [0.1, 0.15) is 18.5 Å². The van der Waals surface area contributed by atoms with Crippen LogP contribution in [0.3, 0.4) is 0 Å². The van der Waals surface area contributed by atoms with Gasteiger partial charge >= 0.3 is 0 Å². The van der Waals surface area contributed by atoms with Crippen molar-refractivity contribution in [1.29, 1.82) is 0 Å². The van der Waals surface area contributed by atoms with Crippen LogP contribution in [0.5, 0.6) is 11.5 Å². The predicted octanol–water partition coefficient (Wildman–Crippen LogP) is 2.25. The normalized spacial score (nSPS) is 10.7. The van der Waals surface area contributed by atoms with Gasteiger partial charge in [0, 0.05) is 31.0 Å². The maximum atomic E-state index is 5.64. The molecule has 0 spiro atoms. The minimum absolute atomic E-state index is 0.585. The Kier molecular flexibility index (Phi) is 4.56. The van der Waals surface area contributed by atoms with E-state index in [2.05, 4.69) is 19.7 Å². The molecule has 0 aliphatic rings. The number of imidazole rings is 1. The van der Waals surface area contributed by atoms with Gasteiger partial charge in [0.25, 0.3) is 0 Å². The Labute approximate surface area is 134 Å². The van der Waals surface area contributed by atoms with E-state index >= 15 is 0 Å². The zero-order chi connectivity index (χ0) is 16.1. The van der Waals surface area contributed by atoms with Crippen molar-refractivity contribution in [2.45, 2.75) is 20.0 Å². The van der Waals surface area contributed by atoms with Gasteiger partial charge < -0.3 is 18.6 Å². The van der Waals surface area contributed by atoms with Crippen LogP contribution >= 0.6 is 0 Å². The molecule has 0 unspecified atom stereocenters. The third-order valence-corrected chi connectivity index (χ3v) is 3.50. The van der Waals surface area contributed by atoms with Crippen molar-refractivity contribution in [2.24, 2.45) is 0 Å². The molecule has 2 aromatic heterocycles. The molecule has 0 bridgehead atoms. The number of benzene rings is 1. The summed E-state index contributed by atoms with van der Waals surface area (Å²) < 4.78 is 15.0. The lowest BCUT2D eigenvalue weighted by molar-refractivity contribution is 0.311. The van der Waals surface area contributed by atoms with Crippen molar-refractivity contribution in [1.82, 2.24) is 24.3 Å². The average Bonchev–Trinajstić information content (AvgIpc) is 3.24. The number of methoxy groups -OCH3 is 1. The summed E-state index contributed by atoms with van der Waals surface area (Å²) in [5, 5.41) is 7.62. The molecular formula is C16H19N5O2. The second-order valence-electron chi connectivity index (χ2n) is 4.94. The zero-order valence-corrected chi connectivity index (χ0v) is 13.2. The van der Waals surface area contributed by atoms with Gasteiger partial charge in [0.2, 0.25) is 0 Å². The van der Waals surface area contributed by atoms with Gasteiger partial charge in [0.05, 0.1) is 13.7 Å². The molecule has 0 atom stereocenters. The van der Waals surface area contributed by atoms with E-state index in [1.165, 1.54) is 0 Å². The molecule has 3 rings (SSSR count). The molecule has 0 saturated heterocycles. The third-order valence-electron chi connectivity index (χ3n) is 3.50. The summed E-state index contributed by atoms with van der Waals surface area (Å²) >= 11 is 0.